The minimum Gasteiger partial charge on any atom is -0.497 e. The first-order valence-electron chi connectivity index (χ1n) is 8.00. The van der Waals surface area contributed by atoms with Gasteiger partial charge >= 0.3 is 0 Å². The number of pyridine rings is 1. The number of methoxy groups -OCH3 is 1. The van der Waals surface area contributed by atoms with Crippen LogP contribution in [0.3, 0.4) is 0 Å². The summed E-state index contributed by atoms with van der Waals surface area (Å²) in [4.78, 5) is 4.40. The van der Waals surface area contributed by atoms with Gasteiger partial charge in [0.1, 0.15) is 11.6 Å². The summed E-state index contributed by atoms with van der Waals surface area (Å²) >= 11 is 0. The number of ether oxygens (including phenoxy) is 1. The van der Waals surface area contributed by atoms with Crippen LogP contribution in [0.2, 0.25) is 0 Å². The second-order valence-electron chi connectivity index (χ2n) is 5.86. The Hall–Kier alpha value is -2.89. The van der Waals surface area contributed by atoms with E-state index in [4.69, 9.17) is 9.15 Å². The summed E-state index contributed by atoms with van der Waals surface area (Å²) in [6.07, 6.45) is 4.34. The molecule has 1 fully saturated rings. The third-order valence-corrected chi connectivity index (χ3v) is 4.06. The third kappa shape index (κ3) is 3.08. The van der Waals surface area contributed by atoms with Crippen molar-refractivity contribution in [3.05, 3.63) is 42.6 Å². The Morgan fingerprint density at radius 1 is 1.12 bits per heavy atom. The second-order valence-corrected chi connectivity index (χ2v) is 5.86. The number of rotatable bonds is 6. The van der Waals surface area contributed by atoms with Gasteiger partial charge in [-0.1, -0.05) is 0 Å². The second kappa shape index (κ2) is 6.31. The molecule has 4 rings (SSSR count). The van der Waals surface area contributed by atoms with Crippen molar-refractivity contribution in [2.45, 2.75) is 12.8 Å². The number of benzene rings is 1. The van der Waals surface area contributed by atoms with Gasteiger partial charge in [-0.2, -0.15) is 0 Å². The summed E-state index contributed by atoms with van der Waals surface area (Å²) < 4.78 is 11.0. The van der Waals surface area contributed by atoms with Gasteiger partial charge in [0.25, 0.3) is 5.89 Å². The highest BCUT2D eigenvalue weighted by molar-refractivity contribution is 5.69. The molecule has 0 radical (unpaired) electrons. The highest BCUT2D eigenvalue weighted by Crippen LogP contribution is 2.32. The lowest BCUT2D eigenvalue weighted by atomic mass is 10.2. The topological polar surface area (TPSA) is 73.1 Å². The molecule has 1 aliphatic rings. The van der Waals surface area contributed by atoms with Crippen molar-refractivity contribution in [2.75, 3.05) is 19.0 Å². The number of nitrogens with zero attached hydrogens (tertiary/aromatic N) is 3. The highest BCUT2D eigenvalue weighted by Gasteiger charge is 2.22. The average Bonchev–Trinajstić information content (AvgIpc) is 3.35. The summed E-state index contributed by atoms with van der Waals surface area (Å²) in [5.41, 5.74) is 1.68. The summed E-state index contributed by atoms with van der Waals surface area (Å²) in [5, 5.41) is 11.7. The van der Waals surface area contributed by atoms with E-state index in [0.29, 0.717) is 11.8 Å². The molecular weight excluding hydrogens is 304 g/mol. The van der Waals surface area contributed by atoms with Crippen LogP contribution in [0.5, 0.6) is 5.75 Å². The number of hydrogen-bond acceptors (Lipinski definition) is 6. The zero-order valence-corrected chi connectivity index (χ0v) is 13.4. The van der Waals surface area contributed by atoms with Crippen molar-refractivity contribution >= 4 is 5.82 Å². The quantitative estimate of drug-likeness (QED) is 0.747. The predicted molar refractivity (Wildman–Crippen MR) is 90.7 cm³/mol. The molecule has 0 bridgehead atoms. The lowest BCUT2D eigenvalue weighted by Crippen LogP contribution is -2.06. The van der Waals surface area contributed by atoms with Gasteiger partial charge in [0, 0.05) is 18.3 Å². The molecule has 1 saturated carbocycles. The van der Waals surface area contributed by atoms with Crippen LogP contribution in [0.25, 0.3) is 22.9 Å². The summed E-state index contributed by atoms with van der Waals surface area (Å²) in [6.45, 7) is 0.934. The fourth-order valence-corrected chi connectivity index (χ4v) is 2.46. The van der Waals surface area contributed by atoms with Gasteiger partial charge in [0.2, 0.25) is 5.89 Å². The Morgan fingerprint density at radius 2 is 1.92 bits per heavy atom. The fourth-order valence-electron chi connectivity index (χ4n) is 2.46. The summed E-state index contributed by atoms with van der Waals surface area (Å²) in [5.74, 6) is 3.28. The molecule has 6 heteroatoms. The predicted octanol–water partition coefficient (Wildman–Crippen LogP) is 3.63. The molecule has 1 N–H and O–H groups in total. The van der Waals surface area contributed by atoms with E-state index < -0.39 is 0 Å². The standard InChI is InChI=1S/C18H18N4O2/c1-23-14-8-6-13(7-9-14)17-21-22-18(24-17)15-3-2-10-19-16(15)20-11-12-4-5-12/h2-3,6-10,12H,4-5,11H2,1H3,(H,19,20). The minimum absolute atomic E-state index is 0.465. The molecule has 0 saturated heterocycles. The number of nitrogens with one attached hydrogen (secondary N) is 1. The van der Waals surface area contributed by atoms with Crippen LogP contribution in [0, 0.1) is 5.92 Å². The first kappa shape index (κ1) is 14.7. The molecule has 0 aliphatic heterocycles. The van der Waals surface area contributed by atoms with Gasteiger partial charge in [-0.05, 0) is 55.2 Å². The molecule has 1 aromatic carbocycles. The molecule has 1 aliphatic carbocycles. The van der Waals surface area contributed by atoms with Gasteiger partial charge < -0.3 is 14.5 Å². The summed E-state index contributed by atoms with van der Waals surface area (Å²) in [6, 6.07) is 11.3. The number of anilines is 1. The molecule has 6 nitrogen and oxygen atoms in total. The van der Waals surface area contributed by atoms with E-state index in [-0.39, 0.29) is 0 Å². The molecule has 3 aromatic rings. The maximum Gasteiger partial charge on any atom is 0.251 e. The van der Waals surface area contributed by atoms with Crippen molar-refractivity contribution in [1.29, 1.82) is 0 Å². The van der Waals surface area contributed by atoms with Crippen LogP contribution in [-0.4, -0.2) is 28.8 Å². The minimum atomic E-state index is 0.465. The van der Waals surface area contributed by atoms with Gasteiger partial charge in [0.05, 0.1) is 12.7 Å². The van der Waals surface area contributed by atoms with E-state index in [2.05, 4.69) is 20.5 Å². The van der Waals surface area contributed by atoms with Crippen LogP contribution in [0.4, 0.5) is 5.82 Å². The molecule has 122 valence electrons. The lowest BCUT2D eigenvalue weighted by Gasteiger charge is -2.07. The molecular formula is C18H18N4O2. The molecule has 0 spiro atoms. The van der Waals surface area contributed by atoms with Crippen LogP contribution >= 0.6 is 0 Å². The molecule has 0 atom stereocenters. The Bertz CT molecular complexity index is 825. The van der Waals surface area contributed by atoms with Gasteiger partial charge in [-0.15, -0.1) is 10.2 Å². The van der Waals surface area contributed by atoms with Gasteiger partial charge in [-0.25, -0.2) is 4.98 Å². The van der Waals surface area contributed by atoms with Crippen LogP contribution in [-0.2, 0) is 0 Å². The largest absolute Gasteiger partial charge is 0.497 e. The maximum atomic E-state index is 5.85. The molecule has 24 heavy (non-hydrogen) atoms. The van der Waals surface area contributed by atoms with E-state index >= 15 is 0 Å². The third-order valence-electron chi connectivity index (χ3n) is 4.06. The number of aromatic nitrogens is 3. The Kier molecular flexibility index (Phi) is 3.86. The van der Waals surface area contributed by atoms with Crippen LogP contribution in [0.15, 0.2) is 47.0 Å². The molecule has 2 heterocycles. The Morgan fingerprint density at radius 3 is 2.67 bits per heavy atom. The first-order chi connectivity index (χ1) is 11.8. The van der Waals surface area contributed by atoms with Crippen molar-refractivity contribution in [3.8, 4) is 28.7 Å². The maximum absolute atomic E-state index is 5.85. The van der Waals surface area contributed by atoms with Crippen molar-refractivity contribution in [2.24, 2.45) is 5.92 Å². The van der Waals surface area contributed by atoms with E-state index in [1.807, 2.05) is 36.4 Å². The Balaban J connectivity index is 1.59. The lowest BCUT2D eigenvalue weighted by molar-refractivity contribution is 0.415. The van der Waals surface area contributed by atoms with E-state index in [1.54, 1.807) is 13.3 Å². The number of hydrogen-bond donors (Lipinski definition) is 1. The van der Waals surface area contributed by atoms with E-state index in [1.165, 1.54) is 12.8 Å². The molecule has 0 amide bonds. The van der Waals surface area contributed by atoms with E-state index in [0.717, 1.165) is 35.2 Å². The normalized spacial score (nSPS) is 13.7. The smallest absolute Gasteiger partial charge is 0.251 e. The summed E-state index contributed by atoms with van der Waals surface area (Å²) in [7, 11) is 1.64. The van der Waals surface area contributed by atoms with E-state index in [9.17, 15) is 0 Å². The van der Waals surface area contributed by atoms with Crippen molar-refractivity contribution in [1.82, 2.24) is 15.2 Å². The molecule has 0 unspecified atom stereocenters. The Labute approximate surface area is 139 Å². The first-order valence-corrected chi connectivity index (χ1v) is 8.00. The zero-order chi connectivity index (χ0) is 16.4. The van der Waals surface area contributed by atoms with Crippen LogP contribution in [0.1, 0.15) is 12.8 Å². The van der Waals surface area contributed by atoms with Crippen molar-refractivity contribution < 1.29 is 9.15 Å². The van der Waals surface area contributed by atoms with Gasteiger partial charge in [0.15, 0.2) is 0 Å². The zero-order valence-electron chi connectivity index (χ0n) is 13.4. The monoisotopic (exact) mass is 322 g/mol. The van der Waals surface area contributed by atoms with Gasteiger partial charge in [-0.3, -0.25) is 0 Å². The van der Waals surface area contributed by atoms with Crippen molar-refractivity contribution in [3.63, 3.8) is 0 Å². The highest BCUT2D eigenvalue weighted by atomic mass is 16.5. The van der Waals surface area contributed by atoms with Crippen LogP contribution < -0.4 is 10.1 Å². The average molecular weight is 322 g/mol. The fraction of sp³-hybridized carbons (Fsp3) is 0.278. The SMILES string of the molecule is COc1ccc(-c2nnc(-c3cccnc3NCC3CC3)o2)cc1. The molecule has 2 aromatic heterocycles.